The van der Waals surface area contributed by atoms with Crippen molar-refractivity contribution in [3.8, 4) is 0 Å². The van der Waals surface area contributed by atoms with Crippen LogP contribution in [0.25, 0.3) is 0 Å². The molecule has 0 spiro atoms. The number of rotatable bonds is 18. The number of para-hydroxylation sites is 1. The minimum Gasteiger partial charge on any atom is -1.00 e. The Morgan fingerprint density at radius 1 is 0.536 bits per heavy atom. The van der Waals surface area contributed by atoms with Gasteiger partial charge in [0.1, 0.15) is 5.69 Å². The van der Waals surface area contributed by atoms with Crippen LogP contribution in [0.2, 0.25) is 0 Å². The van der Waals surface area contributed by atoms with Crippen LogP contribution in [-0.2, 0) is 0 Å². The fourth-order valence-corrected chi connectivity index (χ4v) is 4.02. The largest absolute Gasteiger partial charge is 1.00 e. The van der Waals surface area contributed by atoms with Crippen molar-refractivity contribution >= 4 is 5.69 Å². The lowest BCUT2D eigenvalue weighted by Crippen LogP contribution is -3.00. The highest BCUT2D eigenvalue weighted by Gasteiger charge is 2.17. The highest BCUT2D eigenvalue weighted by molar-refractivity contribution is 5.40. The molecule has 0 aromatic heterocycles. The molecule has 0 heterocycles. The first-order chi connectivity index (χ1) is 13.2. The van der Waals surface area contributed by atoms with Crippen LogP contribution in [0.5, 0.6) is 0 Å². The van der Waals surface area contributed by atoms with Crippen molar-refractivity contribution in [2.45, 2.75) is 110 Å². The van der Waals surface area contributed by atoms with Crippen LogP contribution in [0, 0.1) is 0 Å². The van der Waals surface area contributed by atoms with Crippen molar-refractivity contribution in [3.05, 3.63) is 30.3 Å². The lowest BCUT2D eigenvalue weighted by atomic mass is 10.0. The molecule has 28 heavy (non-hydrogen) atoms. The summed E-state index contributed by atoms with van der Waals surface area (Å²) in [5, 5.41) is 0. The molecule has 0 aliphatic rings. The summed E-state index contributed by atoms with van der Waals surface area (Å²) < 4.78 is 1.01. The van der Waals surface area contributed by atoms with E-state index in [1.54, 1.807) is 0 Å². The maximum absolute atomic E-state index is 2.33. The number of quaternary nitrogens is 1. The zero-order valence-corrected chi connectivity index (χ0v) is 21.4. The minimum absolute atomic E-state index is 0. The van der Waals surface area contributed by atoms with E-state index in [0.717, 1.165) is 4.48 Å². The SMILES string of the molecule is CCCCCCCCCCCCCCCCCC[N+](C)(C)c1ccccc1.[I-]. The number of unbranched alkanes of at least 4 members (excludes halogenated alkanes) is 15. The molecule has 0 fully saturated rings. The third-order valence-corrected chi connectivity index (χ3v) is 6.03. The molecule has 0 amide bonds. The Morgan fingerprint density at radius 2 is 0.893 bits per heavy atom. The second-order valence-corrected chi connectivity index (χ2v) is 9.05. The zero-order chi connectivity index (χ0) is 19.6. The summed E-state index contributed by atoms with van der Waals surface area (Å²) in [5.74, 6) is 0. The molecule has 0 N–H and O–H groups in total. The average Bonchev–Trinajstić information content (AvgIpc) is 2.68. The van der Waals surface area contributed by atoms with Gasteiger partial charge in [-0.3, -0.25) is 4.48 Å². The van der Waals surface area contributed by atoms with Crippen LogP contribution in [-0.4, -0.2) is 20.6 Å². The Hall–Kier alpha value is -0.0900. The maximum Gasteiger partial charge on any atom is 0.132 e. The molecule has 0 radical (unpaired) electrons. The summed E-state index contributed by atoms with van der Waals surface area (Å²) in [6.07, 6.45) is 23.1. The van der Waals surface area contributed by atoms with Gasteiger partial charge in [-0.15, -0.1) is 0 Å². The molecule has 1 aromatic rings. The van der Waals surface area contributed by atoms with E-state index in [0.29, 0.717) is 0 Å². The van der Waals surface area contributed by atoms with Crippen LogP contribution >= 0.6 is 0 Å². The van der Waals surface area contributed by atoms with Crippen molar-refractivity contribution in [2.75, 3.05) is 20.6 Å². The van der Waals surface area contributed by atoms with Crippen molar-refractivity contribution in [1.29, 1.82) is 0 Å². The summed E-state index contributed by atoms with van der Waals surface area (Å²) in [6, 6.07) is 10.9. The maximum atomic E-state index is 2.33. The smallest absolute Gasteiger partial charge is 0.132 e. The Bertz CT molecular complexity index is 429. The highest BCUT2D eigenvalue weighted by Crippen LogP contribution is 2.19. The number of nitrogens with zero attached hydrogens (tertiary/aromatic N) is 1. The van der Waals surface area contributed by atoms with E-state index in [9.17, 15) is 0 Å². The monoisotopic (exact) mass is 501 g/mol. The van der Waals surface area contributed by atoms with Gasteiger partial charge < -0.3 is 24.0 Å². The molecule has 2 heteroatoms. The molecule has 0 aliphatic carbocycles. The molecule has 1 nitrogen and oxygen atoms in total. The van der Waals surface area contributed by atoms with Gasteiger partial charge in [-0.05, 0) is 25.0 Å². The molecule has 1 rings (SSSR count). The van der Waals surface area contributed by atoms with Gasteiger partial charge in [0.05, 0.1) is 20.6 Å². The van der Waals surface area contributed by atoms with Crippen LogP contribution in [0.1, 0.15) is 110 Å². The first kappa shape index (κ1) is 27.9. The quantitative estimate of drug-likeness (QED) is 0.141. The first-order valence-electron chi connectivity index (χ1n) is 12.1. The number of benzene rings is 1. The molecular formula is C26H48IN. The molecule has 0 saturated heterocycles. The van der Waals surface area contributed by atoms with Gasteiger partial charge in [0, 0.05) is 0 Å². The second-order valence-electron chi connectivity index (χ2n) is 9.05. The van der Waals surface area contributed by atoms with Crippen molar-refractivity contribution in [1.82, 2.24) is 4.48 Å². The van der Waals surface area contributed by atoms with Gasteiger partial charge in [0.15, 0.2) is 0 Å². The topological polar surface area (TPSA) is 0 Å². The second kappa shape index (κ2) is 18.9. The van der Waals surface area contributed by atoms with E-state index in [2.05, 4.69) is 51.4 Å². The Kier molecular flexibility index (Phi) is 18.8. The molecule has 0 aliphatic heterocycles. The highest BCUT2D eigenvalue weighted by atomic mass is 127. The predicted octanol–water partition coefficient (Wildman–Crippen LogP) is 5.52. The van der Waals surface area contributed by atoms with Gasteiger partial charge in [-0.2, -0.15) is 0 Å². The van der Waals surface area contributed by atoms with Gasteiger partial charge >= 0.3 is 0 Å². The third-order valence-electron chi connectivity index (χ3n) is 6.03. The van der Waals surface area contributed by atoms with Gasteiger partial charge in [-0.25, -0.2) is 0 Å². The van der Waals surface area contributed by atoms with E-state index >= 15 is 0 Å². The fourth-order valence-electron chi connectivity index (χ4n) is 4.02. The molecule has 164 valence electrons. The Labute approximate surface area is 194 Å². The lowest BCUT2D eigenvalue weighted by Gasteiger charge is -2.29. The van der Waals surface area contributed by atoms with E-state index in [4.69, 9.17) is 0 Å². The molecule has 0 unspecified atom stereocenters. The molecule has 0 saturated carbocycles. The number of halogens is 1. The van der Waals surface area contributed by atoms with Crippen LogP contribution in [0.15, 0.2) is 30.3 Å². The summed E-state index contributed by atoms with van der Waals surface area (Å²) in [6.45, 7) is 3.55. The van der Waals surface area contributed by atoms with Gasteiger partial charge in [0.25, 0.3) is 0 Å². The Morgan fingerprint density at radius 3 is 1.29 bits per heavy atom. The fraction of sp³-hybridized carbons (Fsp3) is 0.769. The number of hydrogen-bond donors (Lipinski definition) is 0. The van der Waals surface area contributed by atoms with Crippen LogP contribution in [0.4, 0.5) is 5.69 Å². The summed E-state index contributed by atoms with van der Waals surface area (Å²) >= 11 is 0. The lowest BCUT2D eigenvalue weighted by molar-refractivity contribution is -0.00000604. The van der Waals surface area contributed by atoms with Crippen LogP contribution < -0.4 is 28.5 Å². The Balaban J connectivity index is 0.00000729. The minimum atomic E-state index is 0. The van der Waals surface area contributed by atoms with Crippen molar-refractivity contribution in [2.24, 2.45) is 0 Å². The van der Waals surface area contributed by atoms with Gasteiger partial charge in [0.2, 0.25) is 0 Å². The third kappa shape index (κ3) is 14.8. The van der Waals surface area contributed by atoms with Crippen molar-refractivity contribution < 1.29 is 24.0 Å². The van der Waals surface area contributed by atoms with Crippen molar-refractivity contribution in [3.63, 3.8) is 0 Å². The summed E-state index contributed by atoms with van der Waals surface area (Å²) in [7, 11) is 4.67. The summed E-state index contributed by atoms with van der Waals surface area (Å²) in [5.41, 5.74) is 1.43. The van der Waals surface area contributed by atoms with Gasteiger partial charge in [-0.1, -0.05) is 115 Å². The summed E-state index contributed by atoms with van der Waals surface area (Å²) in [4.78, 5) is 0. The number of hydrogen-bond acceptors (Lipinski definition) is 0. The van der Waals surface area contributed by atoms with E-state index < -0.39 is 0 Å². The molecular weight excluding hydrogens is 453 g/mol. The molecule has 0 atom stereocenters. The van der Waals surface area contributed by atoms with E-state index in [1.165, 1.54) is 115 Å². The van der Waals surface area contributed by atoms with E-state index in [-0.39, 0.29) is 24.0 Å². The predicted molar refractivity (Wildman–Crippen MR) is 124 cm³/mol. The normalized spacial score (nSPS) is 11.4. The van der Waals surface area contributed by atoms with E-state index in [1.807, 2.05) is 0 Å². The standard InChI is InChI=1S/C26H48N.HI/c1-4-5-6-7-8-9-10-11-12-13-14-15-16-17-18-22-25-27(2,3)26-23-20-19-21-24-26;/h19-21,23-24H,4-18,22,25H2,1-3H3;1H/q+1;/p-1. The molecule has 1 aromatic carbocycles. The molecule has 0 bridgehead atoms. The van der Waals surface area contributed by atoms with Crippen LogP contribution in [0.3, 0.4) is 0 Å². The zero-order valence-electron chi connectivity index (χ0n) is 19.2. The average molecular weight is 502 g/mol. The first-order valence-corrected chi connectivity index (χ1v) is 12.1.